The first-order chi connectivity index (χ1) is 13.8. The third kappa shape index (κ3) is 4.97. The van der Waals surface area contributed by atoms with Crippen LogP contribution in [-0.2, 0) is 9.53 Å². The molecule has 2 aromatic rings. The molecule has 0 saturated heterocycles. The number of carbonyl (C=O) groups excluding carboxylic acids is 2. The van der Waals surface area contributed by atoms with Gasteiger partial charge in [-0.1, -0.05) is 55.1 Å². The van der Waals surface area contributed by atoms with Gasteiger partial charge in [-0.25, -0.2) is 4.79 Å². The van der Waals surface area contributed by atoms with E-state index >= 15 is 0 Å². The molecule has 0 saturated carbocycles. The number of esters is 1. The molecule has 1 heterocycles. The summed E-state index contributed by atoms with van der Waals surface area (Å²) in [5.41, 5.74) is -1.32. The standard InChI is InChI=1S/C20H19Cl2N3O4/c1-4-20(5-2,6-3)24-16(26)12-29-19(28)13-9-7-8-10-15(13)25-18(27)17(22)14(21)11-23-25/h1,7-11H,5-6,12H2,2-3H3,(H,24,26). The number of hydrogen-bond donors (Lipinski definition) is 1. The summed E-state index contributed by atoms with van der Waals surface area (Å²) in [7, 11) is 0. The molecule has 0 aliphatic rings. The van der Waals surface area contributed by atoms with Crippen molar-refractivity contribution in [3.8, 4) is 18.0 Å². The Bertz CT molecular complexity index is 1020. The molecule has 0 spiro atoms. The molecule has 0 aliphatic carbocycles. The topological polar surface area (TPSA) is 90.3 Å². The third-order valence-electron chi connectivity index (χ3n) is 4.42. The lowest BCUT2D eigenvalue weighted by atomic mass is 9.94. The molecule has 7 nitrogen and oxygen atoms in total. The number of benzene rings is 1. The number of terminal acetylenes is 1. The molecule has 1 aromatic carbocycles. The van der Waals surface area contributed by atoms with E-state index in [-0.39, 0.29) is 21.3 Å². The highest BCUT2D eigenvalue weighted by Gasteiger charge is 2.26. The average molecular weight is 436 g/mol. The summed E-state index contributed by atoms with van der Waals surface area (Å²) in [5, 5.41) is 6.38. The minimum atomic E-state index is -0.810. The second-order valence-electron chi connectivity index (χ2n) is 6.10. The minimum Gasteiger partial charge on any atom is -0.452 e. The van der Waals surface area contributed by atoms with Crippen LogP contribution < -0.4 is 10.9 Å². The van der Waals surface area contributed by atoms with Gasteiger partial charge in [0.15, 0.2) is 6.61 Å². The van der Waals surface area contributed by atoms with Crippen LogP contribution in [0.15, 0.2) is 35.3 Å². The van der Waals surface area contributed by atoms with Gasteiger partial charge in [-0.15, -0.1) is 6.42 Å². The quantitative estimate of drug-likeness (QED) is 0.533. The van der Waals surface area contributed by atoms with Crippen molar-refractivity contribution in [2.75, 3.05) is 6.61 Å². The molecular weight excluding hydrogens is 417 g/mol. The van der Waals surface area contributed by atoms with Crippen LogP contribution >= 0.6 is 23.2 Å². The molecule has 1 N–H and O–H groups in total. The average Bonchev–Trinajstić information content (AvgIpc) is 2.74. The van der Waals surface area contributed by atoms with Crippen molar-refractivity contribution >= 4 is 35.1 Å². The van der Waals surface area contributed by atoms with Gasteiger partial charge in [0.1, 0.15) is 10.6 Å². The van der Waals surface area contributed by atoms with Gasteiger partial charge >= 0.3 is 5.97 Å². The number of aromatic nitrogens is 2. The van der Waals surface area contributed by atoms with Gasteiger partial charge in [-0.2, -0.15) is 9.78 Å². The first kappa shape index (κ1) is 22.5. The highest BCUT2D eigenvalue weighted by Crippen LogP contribution is 2.19. The second-order valence-corrected chi connectivity index (χ2v) is 6.88. The molecule has 152 valence electrons. The first-order valence-corrected chi connectivity index (χ1v) is 9.52. The van der Waals surface area contributed by atoms with Crippen molar-refractivity contribution in [1.29, 1.82) is 0 Å². The van der Waals surface area contributed by atoms with Crippen molar-refractivity contribution < 1.29 is 14.3 Å². The van der Waals surface area contributed by atoms with E-state index in [1.807, 2.05) is 13.8 Å². The Balaban J connectivity index is 2.22. The van der Waals surface area contributed by atoms with Gasteiger partial charge in [-0.05, 0) is 25.0 Å². The molecule has 0 atom stereocenters. The van der Waals surface area contributed by atoms with Crippen molar-refractivity contribution in [2.24, 2.45) is 0 Å². The van der Waals surface area contributed by atoms with E-state index in [9.17, 15) is 14.4 Å². The number of carbonyl (C=O) groups is 2. The van der Waals surface area contributed by atoms with Crippen molar-refractivity contribution in [2.45, 2.75) is 32.2 Å². The number of nitrogens with one attached hydrogen (secondary N) is 1. The second kappa shape index (κ2) is 9.59. The Kier molecular flexibility index (Phi) is 7.43. The fourth-order valence-corrected chi connectivity index (χ4v) is 2.85. The SMILES string of the molecule is C#CC(CC)(CC)NC(=O)COC(=O)c1ccccc1-n1ncc(Cl)c(Cl)c1=O. The van der Waals surface area contributed by atoms with Crippen LogP contribution in [0.1, 0.15) is 37.0 Å². The molecule has 0 fully saturated rings. The lowest BCUT2D eigenvalue weighted by Gasteiger charge is -2.26. The fraction of sp³-hybridized carbons (Fsp3) is 0.300. The number of nitrogens with zero attached hydrogens (tertiary/aromatic N) is 2. The molecular formula is C20H19Cl2N3O4. The van der Waals surface area contributed by atoms with Gasteiger partial charge < -0.3 is 10.1 Å². The van der Waals surface area contributed by atoms with Gasteiger partial charge in [0, 0.05) is 0 Å². The zero-order chi connectivity index (χ0) is 21.6. The highest BCUT2D eigenvalue weighted by atomic mass is 35.5. The van der Waals surface area contributed by atoms with Crippen LogP contribution in [0.4, 0.5) is 0 Å². The van der Waals surface area contributed by atoms with Gasteiger partial charge in [0.25, 0.3) is 11.5 Å². The molecule has 29 heavy (non-hydrogen) atoms. The van der Waals surface area contributed by atoms with Crippen LogP contribution in [0.25, 0.3) is 5.69 Å². The predicted molar refractivity (Wildman–Crippen MR) is 110 cm³/mol. The molecule has 1 amide bonds. The van der Waals surface area contributed by atoms with E-state index in [1.165, 1.54) is 18.3 Å². The monoisotopic (exact) mass is 435 g/mol. The molecule has 0 radical (unpaired) electrons. The van der Waals surface area contributed by atoms with Crippen LogP contribution in [0, 0.1) is 12.3 Å². The fourth-order valence-electron chi connectivity index (χ4n) is 2.59. The molecule has 9 heteroatoms. The smallest absolute Gasteiger partial charge is 0.340 e. The van der Waals surface area contributed by atoms with E-state index in [2.05, 4.69) is 16.3 Å². The Labute approximate surface area is 178 Å². The van der Waals surface area contributed by atoms with E-state index in [0.717, 1.165) is 4.68 Å². The van der Waals surface area contributed by atoms with Gasteiger partial charge in [0.2, 0.25) is 0 Å². The normalized spacial score (nSPS) is 10.9. The summed E-state index contributed by atoms with van der Waals surface area (Å²) < 4.78 is 6.04. The van der Waals surface area contributed by atoms with E-state index in [0.29, 0.717) is 12.8 Å². The zero-order valence-corrected chi connectivity index (χ0v) is 17.4. The molecule has 1 aromatic heterocycles. The van der Waals surface area contributed by atoms with Crippen molar-refractivity contribution in [3.63, 3.8) is 0 Å². The number of halogens is 2. The first-order valence-electron chi connectivity index (χ1n) is 8.77. The lowest BCUT2D eigenvalue weighted by molar-refractivity contribution is -0.125. The summed E-state index contributed by atoms with van der Waals surface area (Å²) in [6, 6.07) is 6.13. The Hall–Kier alpha value is -2.82. The lowest BCUT2D eigenvalue weighted by Crippen LogP contribution is -2.48. The Morgan fingerprint density at radius 2 is 1.93 bits per heavy atom. The summed E-state index contributed by atoms with van der Waals surface area (Å²) in [6.07, 6.45) is 7.78. The summed E-state index contributed by atoms with van der Waals surface area (Å²) >= 11 is 11.7. The third-order valence-corrected chi connectivity index (χ3v) is 5.17. The Morgan fingerprint density at radius 3 is 2.55 bits per heavy atom. The number of amides is 1. The maximum absolute atomic E-state index is 12.5. The van der Waals surface area contributed by atoms with Gasteiger partial charge in [-0.3, -0.25) is 9.59 Å². The van der Waals surface area contributed by atoms with E-state index in [4.69, 9.17) is 34.4 Å². The van der Waals surface area contributed by atoms with Crippen LogP contribution in [0.3, 0.4) is 0 Å². The van der Waals surface area contributed by atoms with Crippen LogP contribution in [-0.4, -0.2) is 33.8 Å². The van der Waals surface area contributed by atoms with E-state index < -0.39 is 29.6 Å². The molecule has 2 rings (SSSR count). The number of ether oxygens (including phenoxy) is 1. The largest absolute Gasteiger partial charge is 0.452 e. The van der Waals surface area contributed by atoms with Crippen molar-refractivity contribution in [3.05, 3.63) is 56.4 Å². The predicted octanol–water partition coefficient (Wildman–Crippen LogP) is 3.00. The highest BCUT2D eigenvalue weighted by molar-refractivity contribution is 6.41. The van der Waals surface area contributed by atoms with Crippen LogP contribution in [0.2, 0.25) is 10.0 Å². The number of para-hydroxylation sites is 1. The molecule has 0 bridgehead atoms. The summed E-state index contributed by atoms with van der Waals surface area (Å²) in [5.74, 6) is 1.23. The maximum atomic E-state index is 12.5. The van der Waals surface area contributed by atoms with Crippen molar-refractivity contribution in [1.82, 2.24) is 15.1 Å². The van der Waals surface area contributed by atoms with E-state index in [1.54, 1.807) is 12.1 Å². The summed E-state index contributed by atoms with van der Waals surface area (Å²) in [6.45, 7) is 3.18. The minimum absolute atomic E-state index is 0.00603. The van der Waals surface area contributed by atoms with Gasteiger partial charge in [0.05, 0.1) is 22.5 Å². The Morgan fingerprint density at radius 1 is 1.28 bits per heavy atom. The molecule has 0 unspecified atom stereocenters. The number of rotatable bonds is 7. The van der Waals surface area contributed by atoms with Crippen LogP contribution in [0.5, 0.6) is 0 Å². The number of hydrogen-bond acceptors (Lipinski definition) is 5. The zero-order valence-electron chi connectivity index (χ0n) is 15.9. The summed E-state index contributed by atoms with van der Waals surface area (Å²) in [4.78, 5) is 37.1. The maximum Gasteiger partial charge on any atom is 0.340 e. The molecule has 0 aliphatic heterocycles.